The first-order valence-electron chi connectivity index (χ1n) is 9.31. The van der Waals surface area contributed by atoms with Crippen molar-refractivity contribution in [2.45, 2.75) is 44.1 Å². The fourth-order valence-corrected chi connectivity index (χ4v) is 4.35. The van der Waals surface area contributed by atoms with Crippen LogP contribution in [0.1, 0.15) is 43.8 Å². The van der Waals surface area contributed by atoms with Crippen molar-refractivity contribution in [3.05, 3.63) is 42.6 Å². The Bertz CT molecular complexity index is 604. The number of hydrogen-bond donors (Lipinski definition) is 1. The maximum atomic E-state index is 4.59. The highest BCUT2D eigenvalue weighted by molar-refractivity contribution is 5.38. The number of nitrogens with zero attached hydrogens (tertiary/aromatic N) is 4. The Morgan fingerprint density at radius 1 is 0.917 bits per heavy atom. The van der Waals surface area contributed by atoms with E-state index >= 15 is 0 Å². The van der Waals surface area contributed by atoms with Gasteiger partial charge in [0, 0.05) is 56.7 Å². The van der Waals surface area contributed by atoms with Crippen molar-refractivity contribution in [1.29, 1.82) is 0 Å². The first-order valence-corrected chi connectivity index (χ1v) is 9.31. The van der Waals surface area contributed by atoms with Crippen LogP contribution in [-0.2, 0) is 0 Å². The summed E-state index contributed by atoms with van der Waals surface area (Å²) < 4.78 is 0. The zero-order valence-electron chi connectivity index (χ0n) is 14.3. The molecule has 1 aliphatic carbocycles. The molecular formula is C19H27N5. The number of aromatic nitrogens is 3. The Kier molecular flexibility index (Phi) is 4.78. The van der Waals surface area contributed by atoms with Gasteiger partial charge >= 0.3 is 0 Å². The van der Waals surface area contributed by atoms with Crippen molar-refractivity contribution in [2.75, 3.05) is 31.1 Å². The second-order valence-electron chi connectivity index (χ2n) is 7.00. The minimum absolute atomic E-state index is 0.559. The number of H-pyrrole nitrogens is 1. The number of aromatic amines is 1. The molecule has 3 heterocycles. The molecule has 5 heteroatoms. The van der Waals surface area contributed by atoms with E-state index in [9.17, 15) is 0 Å². The highest BCUT2D eigenvalue weighted by Crippen LogP contribution is 2.34. The third kappa shape index (κ3) is 3.31. The standard InChI is InChI=1S/C19H27N5/c1-2-6-16(19-21-10-11-22-19)17(7-3-1)23-12-14-24(15-13-23)18-8-4-5-9-20-18/h4-5,8-11,16-17H,1-3,6-7,12-15H2,(H,21,22). The fraction of sp³-hybridized carbons (Fsp3) is 0.579. The van der Waals surface area contributed by atoms with Gasteiger partial charge in [-0.3, -0.25) is 4.90 Å². The topological polar surface area (TPSA) is 48.0 Å². The van der Waals surface area contributed by atoms with Gasteiger partial charge in [-0.05, 0) is 25.0 Å². The zero-order chi connectivity index (χ0) is 16.2. The summed E-state index contributed by atoms with van der Waals surface area (Å²) in [5, 5.41) is 0. The summed E-state index contributed by atoms with van der Waals surface area (Å²) in [6.45, 7) is 4.38. The van der Waals surface area contributed by atoms with Crippen molar-refractivity contribution < 1.29 is 0 Å². The lowest BCUT2D eigenvalue weighted by molar-refractivity contribution is 0.149. The van der Waals surface area contributed by atoms with Crippen LogP contribution in [0.4, 0.5) is 5.82 Å². The number of rotatable bonds is 3. The molecule has 1 saturated carbocycles. The van der Waals surface area contributed by atoms with Crippen LogP contribution < -0.4 is 4.90 Å². The van der Waals surface area contributed by atoms with Crippen LogP contribution >= 0.6 is 0 Å². The molecule has 1 saturated heterocycles. The van der Waals surface area contributed by atoms with E-state index < -0.39 is 0 Å². The van der Waals surface area contributed by atoms with Gasteiger partial charge in [-0.2, -0.15) is 0 Å². The van der Waals surface area contributed by atoms with Gasteiger partial charge in [-0.1, -0.05) is 25.3 Å². The molecule has 2 fully saturated rings. The number of anilines is 1. The number of nitrogens with one attached hydrogen (secondary N) is 1. The van der Waals surface area contributed by atoms with E-state index in [1.165, 1.54) is 37.9 Å². The Morgan fingerprint density at radius 3 is 2.54 bits per heavy atom. The van der Waals surface area contributed by atoms with Gasteiger partial charge < -0.3 is 9.88 Å². The third-order valence-corrected chi connectivity index (χ3v) is 5.61. The summed E-state index contributed by atoms with van der Waals surface area (Å²) in [7, 11) is 0. The molecule has 2 atom stereocenters. The molecule has 0 amide bonds. The molecule has 128 valence electrons. The van der Waals surface area contributed by atoms with Crippen molar-refractivity contribution >= 4 is 5.82 Å². The van der Waals surface area contributed by atoms with Crippen LogP contribution in [0.5, 0.6) is 0 Å². The van der Waals surface area contributed by atoms with E-state index in [-0.39, 0.29) is 0 Å². The first kappa shape index (κ1) is 15.6. The lowest BCUT2D eigenvalue weighted by Gasteiger charge is -2.42. The minimum atomic E-state index is 0.559. The maximum Gasteiger partial charge on any atom is 0.128 e. The highest BCUT2D eigenvalue weighted by Gasteiger charge is 2.33. The smallest absolute Gasteiger partial charge is 0.128 e. The minimum Gasteiger partial charge on any atom is -0.354 e. The number of piperazine rings is 1. The third-order valence-electron chi connectivity index (χ3n) is 5.61. The van der Waals surface area contributed by atoms with Gasteiger partial charge in [-0.15, -0.1) is 0 Å². The monoisotopic (exact) mass is 325 g/mol. The van der Waals surface area contributed by atoms with Crippen LogP contribution in [0, 0.1) is 0 Å². The molecular weight excluding hydrogens is 298 g/mol. The van der Waals surface area contributed by atoms with Gasteiger partial charge in [0.15, 0.2) is 0 Å². The van der Waals surface area contributed by atoms with Gasteiger partial charge in [0.1, 0.15) is 11.6 Å². The fourth-order valence-electron chi connectivity index (χ4n) is 4.35. The number of pyridine rings is 1. The van der Waals surface area contributed by atoms with Gasteiger partial charge in [0.05, 0.1) is 0 Å². The molecule has 0 radical (unpaired) electrons. The molecule has 0 bridgehead atoms. The molecule has 0 aromatic carbocycles. The molecule has 1 N–H and O–H groups in total. The van der Waals surface area contributed by atoms with E-state index in [0.717, 1.165) is 32.0 Å². The average molecular weight is 325 g/mol. The van der Waals surface area contributed by atoms with Crippen molar-refractivity contribution in [3.8, 4) is 0 Å². The second-order valence-corrected chi connectivity index (χ2v) is 7.00. The van der Waals surface area contributed by atoms with Crippen LogP contribution in [0.3, 0.4) is 0 Å². The summed E-state index contributed by atoms with van der Waals surface area (Å²) in [5.41, 5.74) is 0. The Labute approximate surface area is 144 Å². The molecule has 0 spiro atoms. The molecule has 2 aromatic heterocycles. The molecule has 2 aromatic rings. The zero-order valence-corrected chi connectivity index (χ0v) is 14.3. The van der Waals surface area contributed by atoms with Crippen LogP contribution in [0.2, 0.25) is 0 Å². The second kappa shape index (κ2) is 7.34. The molecule has 4 rings (SSSR count). The Hall–Kier alpha value is -1.88. The Balaban J connectivity index is 1.45. The molecule has 24 heavy (non-hydrogen) atoms. The van der Waals surface area contributed by atoms with E-state index in [1.807, 2.05) is 24.7 Å². The van der Waals surface area contributed by atoms with Crippen LogP contribution in [-0.4, -0.2) is 52.1 Å². The van der Waals surface area contributed by atoms with Crippen LogP contribution in [0.15, 0.2) is 36.8 Å². The quantitative estimate of drug-likeness (QED) is 0.881. The summed E-state index contributed by atoms with van der Waals surface area (Å²) in [6.07, 6.45) is 12.4. The van der Waals surface area contributed by atoms with Gasteiger partial charge in [0.2, 0.25) is 0 Å². The van der Waals surface area contributed by atoms with E-state index in [4.69, 9.17) is 0 Å². The van der Waals surface area contributed by atoms with E-state index in [2.05, 4.69) is 36.9 Å². The van der Waals surface area contributed by atoms with E-state index in [1.54, 1.807) is 0 Å². The predicted molar refractivity (Wildman–Crippen MR) is 96.2 cm³/mol. The van der Waals surface area contributed by atoms with Gasteiger partial charge in [0.25, 0.3) is 0 Å². The van der Waals surface area contributed by atoms with Crippen molar-refractivity contribution in [1.82, 2.24) is 19.9 Å². The largest absolute Gasteiger partial charge is 0.354 e. The Morgan fingerprint density at radius 2 is 1.79 bits per heavy atom. The number of hydrogen-bond acceptors (Lipinski definition) is 4. The molecule has 2 aliphatic rings. The van der Waals surface area contributed by atoms with Crippen molar-refractivity contribution in [2.24, 2.45) is 0 Å². The summed E-state index contributed by atoms with van der Waals surface area (Å²) in [4.78, 5) is 17.6. The SMILES string of the molecule is c1ccc(N2CCN(C3CCCCCC3c3ncc[nH]3)CC2)nc1. The summed E-state index contributed by atoms with van der Waals surface area (Å²) in [6, 6.07) is 6.81. The first-order chi connectivity index (χ1) is 11.9. The maximum absolute atomic E-state index is 4.59. The summed E-state index contributed by atoms with van der Waals surface area (Å²) >= 11 is 0. The van der Waals surface area contributed by atoms with Crippen LogP contribution in [0.25, 0.3) is 0 Å². The van der Waals surface area contributed by atoms with E-state index in [0.29, 0.717) is 12.0 Å². The highest BCUT2D eigenvalue weighted by atomic mass is 15.3. The predicted octanol–water partition coefficient (Wildman–Crippen LogP) is 3.04. The average Bonchev–Trinajstić information content (AvgIpc) is 3.07. The molecule has 2 unspecified atom stereocenters. The summed E-state index contributed by atoms with van der Waals surface area (Å²) in [5.74, 6) is 2.86. The lowest BCUT2D eigenvalue weighted by Crippen LogP contribution is -2.52. The normalized spacial score (nSPS) is 26.2. The van der Waals surface area contributed by atoms with Gasteiger partial charge in [-0.25, -0.2) is 9.97 Å². The molecule has 1 aliphatic heterocycles. The lowest BCUT2D eigenvalue weighted by atomic mass is 9.92. The van der Waals surface area contributed by atoms with Crippen molar-refractivity contribution in [3.63, 3.8) is 0 Å². The molecule has 5 nitrogen and oxygen atoms in total. The number of imidazole rings is 1.